The summed E-state index contributed by atoms with van der Waals surface area (Å²) in [5.74, 6) is -0.307. The number of nitrogens with zero attached hydrogens (tertiary/aromatic N) is 2. The molecule has 0 spiro atoms. The minimum atomic E-state index is -0.307. The summed E-state index contributed by atoms with van der Waals surface area (Å²) in [6.07, 6.45) is 0. The monoisotopic (exact) mass is 394 g/mol. The van der Waals surface area contributed by atoms with E-state index in [9.17, 15) is 4.79 Å². The van der Waals surface area contributed by atoms with Crippen LogP contribution in [0.5, 0.6) is 0 Å². The molecular weight excluding hydrogens is 379 g/mol. The first-order chi connectivity index (χ1) is 12.0. The summed E-state index contributed by atoms with van der Waals surface area (Å²) in [5, 5.41) is 1.27. The zero-order valence-corrected chi connectivity index (χ0v) is 16.1. The molecule has 0 saturated heterocycles. The highest BCUT2D eigenvalue weighted by Gasteiger charge is 2.12. The van der Waals surface area contributed by atoms with E-state index in [1.165, 1.54) is 11.3 Å². The van der Waals surface area contributed by atoms with Crippen LogP contribution in [0.4, 0.5) is 0 Å². The van der Waals surface area contributed by atoms with Gasteiger partial charge in [0.1, 0.15) is 0 Å². The number of hydrogen-bond donors (Lipinski definition) is 0. The highest BCUT2D eigenvalue weighted by atomic mass is 35.5. The minimum absolute atomic E-state index is 0.307. The van der Waals surface area contributed by atoms with E-state index in [-0.39, 0.29) is 5.91 Å². The van der Waals surface area contributed by atoms with Crippen LogP contribution in [0.1, 0.15) is 15.9 Å². The molecule has 3 rings (SSSR count). The van der Waals surface area contributed by atoms with Crippen LogP contribution in [0.2, 0.25) is 10.0 Å². The van der Waals surface area contributed by atoms with Gasteiger partial charge >= 0.3 is 0 Å². The summed E-state index contributed by atoms with van der Waals surface area (Å²) < 4.78 is 8.21. The van der Waals surface area contributed by atoms with Gasteiger partial charge in [0.25, 0.3) is 5.91 Å². The van der Waals surface area contributed by atoms with E-state index in [4.69, 9.17) is 27.9 Å². The van der Waals surface area contributed by atoms with Crippen molar-refractivity contribution in [3.63, 3.8) is 0 Å². The van der Waals surface area contributed by atoms with Gasteiger partial charge in [0.15, 0.2) is 4.80 Å². The number of rotatable bonds is 4. The Hall–Kier alpha value is -1.66. The number of carbonyl (C=O) groups excluding carboxylic acids is 1. The molecule has 7 heteroatoms. The molecule has 3 aromatic rings. The van der Waals surface area contributed by atoms with Gasteiger partial charge in [-0.1, -0.05) is 34.5 Å². The number of fused-ring (bicyclic) bond motifs is 1. The fourth-order valence-corrected chi connectivity index (χ4v) is 3.93. The Kier molecular flexibility index (Phi) is 5.59. The highest BCUT2D eigenvalue weighted by molar-refractivity contribution is 7.16. The normalized spacial score (nSPS) is 12.1. The Balaban J connectivity index is 2.15. The molecule has 2 aromatic carbocycles. The molecule has 0 saturated carbocycles. The predicted octanol–water partition coefficient (Wildman–Crippen LogP) is 4.71. The summed E-state index contributed by atoms with van der Waals surface area (Å²) >= 11 is 13.6. The molecular formula is C18H16Cl2N2O2S. The lowest BCUT2D eigenvalue weighted by Crippen LogP contribution is -2.19. The van der Waals surface area contributed by atoms with E-state index in [1.807, 2.05) is 23.6 Å². The summed E-state index contributed by atoms with van der Waals surface area (Å²) in [4.78, 5) is 17.4. The summed E-state index contributed by atoms with van der Waals surface area (Å²) in [5.41, 5.74) is 2.44. The summed E-state index contributed by atoms with van der Waals surface area (Å²) in [6, 6.07) is 10.5. The van der Waals surface area contributed by atoms with Crippen molar-refractivity contribution in [2.75, 3.05) is 13.7 Å². The van der Waals surface area contributed by atoms with Crippen molar-refractivity contribution < 1.29 is 9.53 Å². The number of thiazole rings is 1. The van der Waals surface area contributed by atoms with E-state index in [0.29, 0.717) is 33.6 Å². The van der Waals surface area contributed by atoms with Crippen molar-refractivity contribution in [2.45, 2.75) is 13.5 Å². The van der Waals surface area contributed by atoms with Gasteiger partial charge in [-0.05, 0) is 48.9 Å². The molecule has 0 aliphatic carbocycles. The molecule has 0 N–H and O–H groups in total. The van der Waals surface area contributed by atoms with Crippen molar-refractivity contribution >= 4 is 50.7 Å². The van der Waals surface area contributed by atoms with Gasteiger partial charge in [-0.2, -0.15) is 4.99 Å². The number of ether oxygens (including phenoxy) is 1. The number of halogens is 2. The standard InChI is InChI=1S/C18H16Cl2N2O2S/c1-11-14(20)7-8-15-16(11)22(9-10-24-2)18(25-15)21-17(23)12-3-5-13(19)6-4-12/h3-8H,9-10H2,1-2H3. The largest absolute Gasteiger partial charge is 0.383 e. The lowest BCUT2D eigenvalue weighted by Gasteiger charge is -2.07. The lowest BCUT2D eigenvalue weighted by molar-refractivity contribution is 0.0997. The maximum absolute atomic E-state index is 12.5. The van der Waals surface area contributed by atoms with Gasteiger partial charge in [0.05, 0.1) is 16.8 Å². The Bertz CT molecular complexity index is 991. The first-order valence-corrected chi connectivity index (χ1v) is 9.20. The van der Waals surface area contributed by atoms with Crippen molar-refractivity contribution in [3.05, 3.63) is 62.4 Å². The van der Waals surface area contributed by atoms with Crippen molar-refractivity contribution in [1.29, 1.82) is 0 Å². The lowest BCUT2D eigenvalue weighted by atomic mass is 10.2. The molecule has 0 aliphatic rings. The Morgan fingerprint density at radius 2 is 1.92 bits per heavy atom. The maximum atomic E-state index is 12.5. The zero-order chi connectivity index (χ0) is 18.0. The van der Waals surface area contributed by atoms with Gasteiger partial charge in [0.2, 0.25) is 0 Å². The van der Waals surface area contributed by atoms with E-state index < -0.39 is 0 Å². The first kappa shape index (κ1) is 18.1. The average molecular weight is 395 g/mol. The molecule has 130 valence electrons. The van der Waals surface area contributed by atoms with Crippen LogP contribution in [0.3, 0.4) is 0 Å². The molecule has 0 atom stereocenters. The third-order valence-electron chi connectivity index (χ3n) is 3.84. The number of carbonyl (C=O) groups is 1. The van der Waals surface area contributed by atoms with Crippen molar-refractivity contribution in [3.8, 4) is 0 Å². The van der Waals surface area contributed by atoms with Gasteiger partial charge in [-0.25, -0.2) is 0 Å². The van der Waals surface area contributed by atoms with Gasteiger partial charge in [0, 0.05) is 29.3 Å². The molecule has 1 heterocycles. The fourth-order valence-electron chi connectivity index (χ4n) is 2.53. The van der Waals surface area contributed by atoms with Crippen LogP contribution in [0.25, 0.3) is 10.2 Å². The van der Waals surface area contributed by atoms with Gasteiger partial charge in [-0.15, -0.1) is 0 Å². The molecule has 0 aliphatic heterocycles. The third kappa shape index (κ3) is 3.80. The predicted molar refractivity (Wildman–Crippen MR) is 103 cm³/mol. The SMILES string of the molecule is COCCn1c(=NC(=O)c2ccc(Cl)cc2)sc2ccc(Cl)c(C)c21. The minimum Gasteiger partial charge on any atom is -0.383 e. The van der Waals surface area contributed by atoms with E-state index in [2.05, 4.69) is 4.99 Å². The molecule has 0 radical (unpaired) electrons. The molecule has 0 fully saturated rings. The molecule has 1 amide bonds. The van der Waals surface area contributed by atoms with Crippen LogP contribution in [0.15, 0.2) is 41.4 Å². The Labute approximate surface area is 159 Å². The van der Waals surface area contributed by atoms with E-state index in [0.717, 1.165) is 15.8 Å². The van der Waals surface area contributed by atoms with Crippen LogP contribution in [0, 0.1) is 6.92 Å². The number of amides is 1. The summed E-state index contributed by atoms with van der Waals surface area (Å²) in [7, 11) is 1.64. The Morgan fingerprint density at radius 3 is 2.60 bits per heavy atom. The van der Waals surface area contributed by atoms with Crippen LogP contribution < -0.4 is 4.80 Å². The topological polar surface area (TPSA) is 43.6 Å². The number of methoxy groups -OCH3 is 1. The second-order valence-electron chi connectivity index (χ2n) is 5.47. The second-order valence-corrected chi connectivity index (χ2v) is 7.32. The maximum Gasteiger partial charge on any atom is 0.279 e. The molecule has 25 heavy (non-hydrogen) atoms. The summed E-state index contributed by atoms with van der Waals surface area (Å²) in [6.45, 7) is 3.07. The number of aryl methyl sites for hydroxylation is 1. The number of hydrogen-bond acceptors (Lipinski definition) is 3. The van der Waals surface area contributed by atoms with Crippen LogP contribution in [-0.2, 0) is 11.3 Å². The van der Waals surface area contributed by atoms with Gasteiger partial charge in [-0.3, -0.25) is 4.79 Å². The van der Waals surface area contributed by atoms with Gasteiger partial charge < -0.3 is 9.30 Å². The van der Waals surface area contributed by atoms with Crippen molar-refractivity contribution in [2.24, 2.45) is 4.99 Å². The number of aromatic nitrogens is 1. The van der Waals surface area contributed by atoms with E-state index in [1.54, 1.807) is 31.4 Å². The Morgan fingerprint density at radius 1 is 1.20 bits per heavy atom. The van der Waals surface area contributed by atoms with Crippen LogP contribution >= 0.6 is 34.5 Å². The smallest absolute Gasteiger partial charge is 0.279 e. The zero-order valence-electron chi connectivity index (χ0n) is 13.8. The molecule has 4 nitrogen and oxygen atoms in total. The molecule has 0 unspecified atom stereocenters. The molecule has 0 bridgehead atoms. The third-order valence-corrected chi connectivity index (χ3v) is 5.54. The van der Waals surface area contributed by atoms with E-state index >= 15 is 0 Å². The number of benzene rings is 2. The molecule has 1 aromatic heterocycles. The quantitative estimate of drug-likeness (QED) is 0.643. The fraction of sp³-hybridized carbons (Fsp3) is 0.222. The second kappa shape index (κ2) is 7.70. The first-order valence-electron chi connectivity index (χ1n) is 7.63. The van der Waals surface area contributed by atoms with Crippen molar-refractivity contribution in [1.82, 2.24) is 4.57 Å². The van der Waals surface area contributed by atoms with Crippen LogP contribution in [-0.4, -0.2) is 24.2 Å². The average Bonchev–Trinajstić information content (AvgIpc) is 2.94. The highest BCUT2D eigenvalue weighted by Crippen LogP contribution is 2.27.